The molecule has 0 saturated heterocycles. The Labute approximate surface area is 189 Å². The van der Waals surface area contributed by atoms with Gasteiger partial charge in [-0.05, 0) is 41.8 Å². The first-order valence-corrected chi connectivity index (χ1v) is 12.2. The van der Waals surface area contributed by atoms with Gasteiger partial charge in [0, 0.05) is 30.3 Å². The van der Waals surface area contributed by atoms with E-state index in [0.717, 1.165) is 39.5 Å². The maximum Gasteiger partial charge on any atom is 0.238 e. The second kappa shape index (κ2) is 9.92. The maximum absolute atomic E-state index is 13.5. The zero-order valence-corrected chi connectivity index (χ0v) is 19.1. The quantitative estimate of drug-likeness (QED) is 0.288. The molecule has 6 nitrogen and oxygen atoms in total. The number of sulfonamides is 1. The van der Waals surface area contributed by atoms with Gasteiger partial charge in [-0.2, -0.15) is 0 Å². The zero-order chi connectivity index (χ0) is 22.6. The van der Waals surface area contributed by atoms with Gasteiger partial charge < -0.3 is 4.42 Å². The zero-order valence-electron chi connectivity index (χ0n) is 16.6. The Morgan fingerprint density at radius 2 is 1.77 bits per heavy atom. The molecule has 3 aromatic rings. The molecule has 0 aliphatic rings. The maximum atomic E-state index is 13.5. The van der Waals surface area contributed by atoms with Crippen molar-refractivity contribution in [1.29, 1.82) is 0 Å². The molecule has 2 aromatic carbocycles. The molecule has 0 amide bonds. The molecular weight excluding hydrogens is 459 g/mol. The third kappa shape index (κ3) is 5.92. The molecule has 0 atom stereocenters. The highest BCUT2D eigenvalue weighted by Gasteiger charge is 2.18. The number of primary sulfonamides is 1. The number of hydrogen-bond acceptors (Lipinski definition) is 6. The molecule has 1 aromatic heterocycles. The van der Waals surface area contributed by atoms with E-state index in [1.807, 2.05) is 0 Å². The highest BCUT2D eigenvalue weighted by molar-refractivity contribution is 8.22. The third-order valence-corrected chi connectivity index (χ3v) is 7.08. The van der Waals surface area contributed by atoms with Crippen LogP contribution in [0.15, 0.2) is 64.1 Å². The van der Waals surface area contributed by atoms with E-state index in [4.69, 9.17) is 21.8 Å². The van der Waals surface area contributed by atoms with E-state index in [9.17, 15) is 18.0 Å². The number of halogens is 1. The number of benzene rings is 2. The summed E-state index contributed by atoms with van der Waals surface area (Å²) in [5.41, 5.74) is 3.11. The monoisotopic (exact) mass is 480 g/mol. The van der Waals surface area contributed by atoms with Gasteiger partial charge in [0.2, 0.25) is 10.0 Å². The molecule has 1 heterocycles. The SMILES string of the molecule is CN(O)C(=S)SCCCc1occ(-c2ccc(S(N)(=O)=O)cc2)c1-c1ccc(F)cc1. The van der Waals surface area contributed by atoms with E-state index in [1.54, 1.807) is 30.5 Å². The Morgan fingerprint density at radius 3 is 2.35 bits per heavy atom. The molecule has 164 valence electrons. The minimum Gasteiger partial charge on any atom is -0.468 e. The van der Waals surface area contributed by atoms with Gasteiger partial charge in [0.05, 0.1) is 11.2 Å². The normalized spacial score (nSPS) is 11.5. The number of furan rings is 1. The predicted molar refractivity (Wildman–Crippen MR) is 124 cm³/mol. The van der Waals surface area contributed by atoms with Crippen LogP contribution in [0.5, 0.6) is 0 Å². The Balaban J connectivity index is 1.91. The molecule has 0 unspecified atom stereocenters. The van der Waals surface area contributed by atoms with Gasteiger partial charge in [0.1, 0.15) is 11.6 Å². The van der Waals surface area contributed by atoms with Crippen LogP contribution in [0.3, 0.4) is 0 Å². The van der Waals surface area contributed by atoms with Gasteiger partial charge in [-0.15, -0.1) is 0 Å². The van der Waals surface area contributed by atoms with Crippen LogP contribution in [0.25, 0.3) is 22.3 Å². The smallest absolute Gasteiger partial charge is 0.238 e. The van der Waals surface area contributed by atoms with Crippen molar-refractivity contribution in [2.45, 2.75) is 17.7 Å². The van der Waals surface area contributed by atoms with E-state index < -0.39 is 10.0 Å². The van der Waals surface area contributed by atoms with Crippen molar-refractivity contribution in [2.75, 3.05) is 12.8 Å². The summed E-state index contributed by atoms with van der Waals surface area (Å²) >= 11 is 6.42. The first kappa shape index (κ1) is 23.4. The van der Waals surface area contributed by atoms with Crippen LogP contribution >= 0.6 is 24.0 Å². The van der Waals surface area contributed by atoms with Crippen molar-refractivity contribution in [3.05, 3.63) is 66.4 Å². The highest BCUT2D eigenvalue weighted by Crippen LogP contribution is 2.38. The molecule has 0 fully saturated rings. The van der Waals surface area contributed by atoms with Gasteiger partial charge in [-0.3, -0.25) is 5.21 Å². The van der Waals surface area contributed by atoms with Crippen molar-refractivity contribution in [1.82, 2.24) is 5.06 Å². The summed E-state index contributed by atoms with van der Waals surface area (Å²) in [6, 6.07) is 12.3. The number of nitrogens with two attached hydrogens (primary N) is 1. The molecular formula is C21H21FN2O4S3. The van der Waals surface area contributed by atoms with Crippen LogP contribution < -0.4 is 5.14 Å². The van der Waals surface area contributed by atoms with E-state index in [2.05, 4.69) is 0 Å². The van der Waals surface area contributed by atoms with Crippen LogP contribution in [0.2, 0.25) is 0 Å². The number of hydroxylamine groups is 2. The Kier molecular flexibility index (Phi) is 7.50. The first-order valence-electron chi connectivity index (χ1n) is 9.25. The molecule has 3 N–H and O–H groups in total. The fourth-order valence-electron chi connectivity index (χ4n) is 3.04. The summed E-state index contributed by atoms with van der Waals surface area (Å²) in [7, 11) is -2.32. The van der Waals surface area contributed by atoms with Gasteiger partial charge >= 0.3 is 0 Å². The van der Waals surface area contributed by atoms with Crippen LogP contribution in [-0.2, 0) is 16.4 Å². The largest absolute Gasteiger partial charge is 0.468 e. The van der Waals surface area contributed by atoms with Gasteiger partial charge in [-0.1, -0.05) is 48.2 Å². The average molecular weight is 481 g/mol. The molecule has 0 aliphatic heterocycles. The molecule has 0 spiro atoms. The van der Waals surface area contributed by atoms with Crippen molar-refractivity contribution in [3.63, 3.8) is 0 Å². The minimum absolute atomic E-state index is 0.0187. The Morgan fingerprint density at radius 1 is 1.16 bits per heavy atom. The van der Waals surface area contributed by atoms with Gasteiger partial charge in [-0.25, -0.2) is 23.0 Å². The lowest BCUT2D eigenvalue weighted by Crippen LogP contribution is -2.17. The molecule has 0 bridgehead atoms. The average Bonchev–Trinajstić information content (AvgIpc) is 3.15. The van der Waals surface area contributed by atoms with Gasteiger partial charge in [0.15, 0.2) is 4.32 Å². The van der Waals surface area contributed by atoms with E-state index >= 15 is 0 Å². The van der Waals surface area contributed by atoms with Crippen molar-refractivity contribution in [2.24, 2.45) is 5.14 Å². The summed E-state index contributed by atoms with van der Waals surface area (Å²) in [6.07, 6.45) is 2.95. The number of hydrogen-bond donors (Lipinski definition) is 2. The third-order valence-electron chi connectivity index (χ3n) is 4.53. The second-order valence-electron chi connectivity index (χ2n) is 6.77. The topological polar surface area (TPSA) is 96.8 Å². The number of aryl methyl sites for hydroxylation is 1. The lowest BCUT2D eigenvalue weighted by molar-refractivity contribution is 0.0205. The number of thiocarbonyl (C=S) groups is 1. The first-order chi connectivity index (χ1) is 14.7. The van der Waals surface area contributed by atoms with E-state index in [-0.39, 0.29) is 10.7 Å². The fourth-order valence-corrected chi connectivity index (χ4v) is 4.45. The van der Waals surface area contributed by atoms with Gasteiger partial charge in [0.25, 0.3) is 0 Å². The fraction of sp³-hybridized carbons (Fsp3) is 0.190. The lowest BCUT2D eigenvalue weighted by atomic mass is 9.95. The molecule has 0 saturated carbocycles. The number of rotatable bonds is 7. The summed E-state index contributed by atoms with van der Waals surface area (Å²) in [5, 5.41) is 15.4. The molecule has 3 rings (SSSR count). The molecule has 0 radical (unpaired) electrons. The van der Waals surface area contributed by atoms with Crippen LogP contribution in [0.4, 0.5) is 4.39 Å². The lowest BCUT2D eigenvalue weighted by Gasteiger charge is -2.10. The van der Waals surface area contributed by atoms with Crippen molar-refractivity contribution >= 4 is 38.3 Å². The van der Waals surface area contributed by atoms with E-state index in [0.29, 0.717) is 16.5 Å². The summed E-state index contributed by atoms with van der Waals surface area (Å²) in [5.74, 6) is 1.07. The van der Waals surface area contributed by atoms with Crippen LogP contribution in [0.1, 0.15) is 12.2 Å². The summed E-state index contributed by atoms with van der Waals surface area (Å²) in [6.45, 7) is 0. The molecule has 31 heavy (non-hydrogen) atoms. The summed E-state index contributed by atoms with van der Waals surface area (Å²) in [4.78, 5) is 0.0187. The number of nitrogens with zero attached hydrogens (tertiary/aromatic N) is 1. The minimum atomic E-state index is -3.79. The van der Waals surface area contributed by atoms with E-state index in [1.165, 1.54) is 43.1 Å². The van der Waals surface area contributed by atoms with Crippen LogP contribution in [-0.4, -0.2) is 35.8 Å². The Hall–Kier alpha value is -2.24. The van der Waals surface area contributed by atoms with Crippen molar-refractivity contribution in [3.8, 4) is 22.3 Å². The number of thioether (sulfide) groups is 1. The predicted octanol–water partition coefficient (Wildman–Crippen LogP) is 4.67. The molecule has 0 aliphatic carbocycles. The second-order valence-corrected chi connectivity index (χ2v) is 10.1. The Bertz CT molecular complexity index is 1160. The van der Waals surface area contributed by atoms with Crippen LogP contribution in [0, 0.1) is 5.82 Å². The standard InChI is InChI=1S/C21H21FN2O4S3/c1-24(25)21(29)30-12-2-3-19-20(15-4-8-16(22)9-5-15)18(13-28-19)14-6-10-17(11-7-14)31(23,26)27/h4-11,13,25H,2-3,12H2,1H3,(H2,23,26,27). The van der Waals surface area contributed by atoms with Crippen molar-refractivity contribution < 1.29 is 22.4 Å². The summed E-state index contributed by atoms with van der Waals surface area (Å²) < 4.78 is 42.8. The molecule has 10 heteroatoms. The highest BCUT2D eigenvalue weighted by atomic mass is 32.2.